The van der Waals surface area contributed by atoms with Gasteiger partial charge in [0.2, 0.25) is 0 Å². The summed E-state index contributed by atoms with van der Waals surface area (Å²) in [6.07, 6.45) is 1.40. The molecule has 1 heterocycles. The van der Waals surface area contributed by atoms with Crippen LogP contribution in [0.2, 0.25) is 0 Å². The molecule has 0 saturated heterocycles. The van der Waals surface area contributed by atoms with Crippen LogP contribution in [-0.2, 0) is 11.4 Å². The number of benzene rings is 1. The third-order valence-corrected chi connectivity index (χ3v) is 2.24. The molecule has 4 nitrogen and oxygen atoms in total. The van der Waals surface area contributed by atoms with Crippen molar-refractivity contribution in [1.29, 1.82) is 0 Å². The van der Waals surface area contributed by atoms with Gasteiger partial charge in [-0.2, -0.15) is 0 Å². The van der Waals surface area contributed by atoms with Crippen molar-refractivity contribution in [3.8, 4) is 0 Å². The van der Waals surface area contributed by atoms with Gasteiger partial charge in [0.1, 0.15) is 12.0 Å². The molecule has 0 fully saturated rings. The average molecular weight is 231 g/mol. The van der Waals surface area contributed by atoms with Crippen LogP contribution in [0.1, 0.15) is 21.7 Å². The van der Waals surface area contributed by atoms with E-state index in [9.17, 15) is 4.79 Å². The monoisotopic (exact) mass is 231 g/mol. The maximum atomic E-state index is 11.6. The number of hydrogen-bond acceptors (Lipinski definition) is 3. The van der Waals surface area contributed by atoms with Gasteiger partial charge in [-0.05, 0) is 18.6 Å². The lowest BCUT2D eigenvalue weighted by Gasteiger charge is -2.04. The molecule has 2 aromatic rings. The highest BCUT2D eigenvalue weighted by atomic mass is 16.6. The standard InChI is InChI=1S/C13H13NO3/c1-10-7-12(9-16-10)13(15)14-17-8-11-5-3-2-4-6-11/h2-7,9H,8H2,1H3,(H,14,15). The van der Waals surface area contributed by atoms with Crippen LogP contribution in [0.15, 0.2) is 47.1 Å². The fraction of sp³-hybridized carbons (Fsp3) is 0.154. The largest absolute Gasteiger partial charge is 0.469 e. The number of hydrogen-bond donors (Lipinski definition) is 1. The summed E-state index contributed by atoms with van der Waals surface area (Å²) >= 11 is 0. The molecular formula is C13H13NO3. The van der Waals surface area contributed by atoms with Crippen molar-refractivity contribution in [3.05, 3.63) is 59.5 Å². The van der Waals surface area contributed by atoms with Gasteiger partial charge in [0, 0.05) is 0 Å². The second-order valence-corrected chi connectivity index (χ2v) is 3.65. The first kappa shape index (κ1) is 11.4. The summed E-state index contributed by atoms with van der Waals surface area (Å²) in [5, 5.41) is 0. The van der Waals surface area contributed by atoms with E-state index in [1.807, 2.05) is 30.3 Å². The van der Waals surface area contributed by atoms with Gasteiger partial charge in [-0.1, -0.05) is 30.3 Å². The topological polar surface area (TPSA) is 51.5 Å². The van der Waals surface area contributed by atoms with Crippen molar-refractivity contribution in [2.45, 2.75) is 13.5 Å². The van der Waals surface area contributed by atoms with Gasteiger partial charge >= 0.3 is 0 Å². The van der Waals surface area contributed by atoms with Gasteiger partial charge in [-0.25, -0.2) is 5.48 Å². The van der Waals surface area contributed by atoms with Gasteiger partial charge in [-0.15, -0.1) is 0 Å². The smallest absolute Gasteiger partial charge is 0.278 e. The Bertz CT molecular complexity index is 490. The molecule has 0 bridgehead atoms. The molecule has 17 heavy (non-hydrogen) atoms. The first-order valence-corrected chi connectivity index (χ1v) is 5.27. The van der Waals surface area contributed by atoms with E-state index in [1.165, 1.54) is 6.26 Å². The van der Waals surface area contributed by atoms with Crippen LogP contribution in [0, 0.1) is 6.92 Å². The summed E-state index contributed by atoms with van der Waals surface area (Å²) < 4.78 is 5.03. The molecule has 2 rings (SSSR count). The van der Waals surface area contributed by atoms with Crippen LogP contribution in [0.4, 0.5) is 0 Å². The summed E-state index contributed by atoms with van der Waals surface area (Å²) in [7, 11) is 0. The predicted molar refractivity (Wildman–Crippen MR) is 62.1 cm³/mol. The molecular weight excluding hydrogens is 218 g/mol. The van der Waals surface area contributed by atoms with Crippen molar-refractivity contribution in [2.75, 3.05) is 0 Å². The van der Waals surface area contributed by atoms with Crippen LogP contribution in [-0.4, -0.2) is 5.91 Å². The molecule has 88 valence electrons. The van der Waals surface area contributed by atoms with Crippen molar-refractivity contribution in [2.24, 2.45) is 0 Å². The van der Waals surface area contributed by atoms with E-state index in [2.05, 4.69) is 5.48 Å². The highest BCUT2D eigenvalue weighted by Crippen LogP contribution is 2.06. The normalized spacial score (nSPS) is 10.2. The van der Waals surface area contributed by atoms with Gasteiger partial charge in [0.15, 0.2) is 0 Å². The van der Waals surface area contributed by atoms with Gasteiger partial charge in [-0.3, -0.25) is 9.63 Å². The quantitative estimate of drug-likeness (QED) is 0.822. The minimum atomic E-state index is -0.308. The Morgan fingerprint density at radius 1 is 1.35 bits per heavy atom. The van der Waals surface area contributed by atoms with Gasteiger partial charge in [0.25, 0.3) is 5.91 Å². The maximum absolute atomic E-state index is 11.6. The summed E-state index contributed by atoms with van der Waals surface area (Å²) in [6, 6.07) is 11.3. The van der Waals surface area contributed by atoms with Gasteiger partial charge in [0.05, 0.1) is 12.2 Å². The fourth-order valence-corrected chi connectivity index (χ4v) is 1.38. The Labute approximate surface area is 99.2 Å². The molecule has 1 N–H and O–H groups in total. The number of nitrogens with one attached hydrogen (secondary N) is 1. The van der Waals surface area contributed by atoms with Crippen LogP contribution in [0.5, 0.6) is 0 Å². The summed E-state index contributed by atoms with van der Waals surface area (Å²) in [5.41, 5.74) is 3.81. The molecule has 0 unspecified atom stereocenters. The van der Waals surface area contributed by atoms with E-state index in [-0.39, 0.29) is 5.91 Å². The minimum Gasteiger partial charge on any atom is -0.469 e. The fourth-order valence-electron chi connectivity index (χ4n) is 1.38. The van der Waals surface area contributed by atoms with Crippen molar-refractivity contribution < 1.29 is 14.0 Å². The van der Waals surface area contributed by atoms with E-state index in [0.717, 1.165) is 5.56 Å². The Kier molecular flexibility index (Phi) is 3.57. The molecule has 0 spiro atoms. The zero-order chi connectivity index (χ0) is 12.1. The molecule has 0 aliphatic rings. The lowest BCUT2D eigenvalue weighted by molar-refractivity contribution is 0.0233. The molecule has 0 aliphatic heterocycles. The number of hydroxylamine groups is 1. The predicted octanol–water partition coefficient (Wildman–Crippen LogP) is 2.45. The third kappa shape index (κ3) is 3.19. The number of rotatable bonds is 4. The SMILES string of the molecule is Cc1cc(C(=O)NOCc2ccccc2)co1. The first-order chi connectivity index (χ1) is 8.25. The van der Waals surface area contributed by atoms with E-state index >= 15 is 0 Å². The molecule has 0 aliphatic carbocycles. The Balaban J connectivity index is 1.81. The highest BCUT2D eigenvalue weighted by molar-refractivity contribution is 5.93. The summed E-state index contributed by atoms with van der Waals surface area (Å²) in [4.78, 5) is 16.7. The molecule has 0 saturated carbocycles. The third-order valence-electron chi connectivity index (χ3n) is 2.24. The lowest BCUT2D eigenvalue weighted by Crippen LogP contribution is -2.23. The number of furan rings is 1. The van der Waals surface area contributed by atoms with Crippen LogP contribution >= 0.6 is 0 Å². The molecule has 1 aromatic heterocycles. The summed E-state index contributed by atoms with van der Waals surface area (Å²) in [6.45, 7) is 2.12. The average Bonchev–Trinajstić information content (AvgIpc) is 2.77. The van der Waals surface area contributed by atoms with Crippen molar-refractivity contribution in [1.82, 2.24) is 5.48 Å². The van der Waals surface area contributed by atoms with E-state index < -0.39 is 0 Å². The van der Waals surface area contributed by atoms with E-state index in [1.54, 1.807) is 13.0 Å². The van der Waals surface area contributed by atoms with Crippen LogP contribution in [0.25, 0.3) is 0 Å². The van der Waals surface area contributed by atoms with E-state index in [4.69, 9.17) is 9.25 Å². The first-order valence-electron chi connectivity index (χ1n) is 5.27. The molecule has 1 amide bonds. The Morgan fingerprint density at radius 3 is 2.76 bits per heavy atom. The number of amides is 1. The second kappa shape index (κ2) is 5.32. The van der Waals surface area contributed by atoms with E-state index in [0.29, 0.717) is 17.9 Å². The van der Waals surface area contributed by atoms with Crippen molar-refractivity contribution >= 4 is 5.91 Å². The zero-order valence-electron chi connectivity index (χ0n) is 9.47. The number of carbonyl (C=O) groups excluding carboxylic acids is 1. The second-order valence-electron chi connectivity index (χ2n) is 3.65. The lowest BCUT2D eigenvalue weighted by atomic mass is 10.2. The van der Waals surface area contributed by atoms with Crippen molar-refractivity contribution in [3.63, 3.8) is 0 Å². The van der Waals surface area contributed by atoms with Gasteiger partial charge < -0.3 is 4.42 Å². The minimum absolute atomic E-state index is 0.308. The molecule has 1 aromatic carbocycles. The summed E-state index contributed by atoms with van der Waals surface area (Å²) in [5.74, 6) is 0.385. The maximum Gasteiger partial charge on any atom is 0.278 e. The Morgan fingerprint density at radius 2 is 2.12 bits per heavy atom. The number of carbonyl (C=O) groups is 1. The zero-order valence-corrected chi connectivity index (χ0v) is 9.47. The Hall–Kier alpha value is -2.07. The highest BCUT2D eigenvalue weighted by Gasteiger charge is 2.07. The molecule has 4 heteroatoms. The van der Waals surface area contributed by atoms with Crippen LogP contribution < -0.4 is 5.48 Å². The van der Waals surface area contributed by atoms with Crippen LogP contribution in [0.3, 0.4) is 0 Å². The molecule has 0 radical (unpaired) electrons. The number of aryl methyl sites for hydroxylation is 1. The molecule has 0 atom stereocenters.